The molecule has 0 aromatic heterocycles. The summed E-state index contributed by atoms with van der Waals surface area (Å²) in [5, 5.41) is 5.05. The van der Waals surface area contributed by atoms with Crippen LogP contribution in [0.15, 0.2) is 24.3 Å². The molecule has 0 aliphatic carbocycles. The van der Waals surface area contributed by atoms with Gasteiger partial charge in [-0.2, -0.15) is 0 Å². The molecule has 0 bridgehead atoms. The quantitative estimate of drug-likeness (QED) is 0.567. The highest BCUT2D eigenvalue weighted by Gasteiger charge is 2.38. The van der Waals surface area contributed by atoms with E-state index in [1.165, 1.54) is 5.56 Å². The van der Waals surface area contributed by atoms with Crippen molar-refractivity contribution in [2.24, 2.45) is 0 Å². The molecule has 2 atom stereocenters. The van der Waals surface area contributed by atoms with Crippen LogP contribution in [0.2, 0.25) is 15.1 Å². The molecule has 0 spiro atoms. The number of benzene rings is 2. The van der Waals surface area contributed by atoms with Crippen molar-refractivity contribution < 1.29 is 9.47 Å². The highest BCUT2D eigenvalue weighted by atomic mass is 35.5. The topological polar surface area (TPSA) is 30.5 Å². The van der Waals surface area contributed by atoms with E-state index in [2.05, 4.69) is 18.3 Å². The summed E-state index contributed by atoms with van der Waals surface area (Å²) in [6, 6.07) is 7.56. The molecule has 3 nitrogen and oxygen atoms in total. The van der Waals surface area contributed by atoms with Crippen molar-refractivity contribution in [1.29, 1.82) is 0 Å². The van der Waals surface area contributed by atoms with Gasteiger partial charge in [-0.15, -0.1) is 0 Å². The molecular formula is C21H22Cl3NO2. The number of hydrogen-bond acceptors (Lipinski definition) is 3. The lowest BCUT2D eigenvalue weighted by atomic mass is 9.89. The molecule has 0 saturated carbocycles. The van der Waals surface area contributed by atoms with E-state index in [1.807, 2.05) is 6.07 Å². The van der Waals surface area contributed by atoms with Gasteiger partial charge in [0.25, 0.3) is 0 Å². The first kappa shape index (κ1) is 19.2. The molecule has 144 valence electrons. The minimum absolute atomic E-state index is 0.196. The number of ether oxygens (including phenoxy) is 2. The summed E-state index contributed by atoms with van der Waals surface area (Å²) >= 11 is 19.1. The largest absolute Gasteiger partial charge is 0.490 e. The van der Waals surface area contributed by atoms with Crippen molar-refractivity contribution in [3.63, 3.8) is 0 Å². The normalized spacial score (nSPS) is 20.7. The van der Waals surface area contributed by atoms with Crippen molar-refractivity contribution in [3.05, 3.63) is 44.9 Å². The zero-order chi connectivity index (χ0) is 19.0. The Hall–Kier alpha value is -1.13. The number of piperidine rings is 1. The average Bonchev–Trinajstić information content (AvgIpc) is 3.00. The van der Waals surface area contributed by atoms with Gasteiger partial charge in [0.05, 0.1) is 16.7 Å². The number of hydrogen-bond donors (Lipinski definition) is 1. The highest BCUT2D eigenvalue weighted by molar-refractivity contribution is 6.41. The van der Waals surface area contributed by atoms with Crippen LogP contribution in [-0.2, 0) is 0 Å². The van der Waals surface area contributed by atoms with Crippen molar-refractivity contribution in [3.8, 4) is 22.6 Å². The van der Waals surface area contributed by atoms with Crippen LogP contribution in [-0.4, -0.2) is 25.8 Å². The lowest BCUT2D eigenvalue weighted by Gasteiger charge is -2.24. The fraction of sp³-hybridized carbons (Fsp3) is 0.429. The Bertz CT molecular complexity index is 833. The molecule has 2 heterocycles. The summed E-state index contributed by atoms with van der Waals surface area (Å²) in [7, 11) is 0. The van der Waals surface area contributed by atoms with E-state index in [0.717, 1.165) is 55.0 Å². The maximum Gasteiger partial charge on any atom is 0.165 e. The maximum absolute atomic E-state index is 6.48. The summed E-state index contributed by atoms with van der Waals surface area (Å²) < 4.78 is 12.4. The molecule has 1 saturated heterocycles. The molecule has 6 heteroatoms. The second-order valence-electron chi connectivity index (χ2n) is 7.09. The number of nitrogens with one attached hydrogen (secondary N) is 1. The zero-order valence-electron chi connectivity index (χ0n) is 15.2. The van der Waals surface area contributed by atoms with Gasteiger partial charge in [0, 0.05) is 28.6 Å². The molecule has 1 unspecified atom stereocenters. The van der Waals surface area contributed by atoms with Crippen LogP contribution >= 0.6 is 34.8 Å². The minimum Gasteiger partial charge on any atom is -0.490 e. The Labute approximate surface area is 174 Å². The third-order valence-electron chi connectivity index (χ3n) is 5.22. The van der Waals surface area contributed by atoms with Crippen LogP contribution in [0, 0.1) is 0 Å². The van der Waals surface area contributed by atoms with Crippen LogP contribution in [0.1, 0.15) is 37.7 Å². The van der Waals surface area contributed by atoms with Gasteiger partial charge in [-0.3, -0.25) is 0 Å². The van der Waals surface area contributed by atoms with Crippen molar-refractivity contribution in [2.75, 3.05) is 19.7 Å². The molecule has 0 amide bonds. The maximum atomic E-state index is 6.48. The zero-order valence-corrected chi connectivity index (χ0v) is 17.4. The van der Waals surface area contributed by atoms with Crippen molar-refractivity contribution in [2.45, 2.75) is 38.2 Å². The van der Waals surface area contributed by atoms with E-state index in [0.29, 0.717) is 27.6 Å². The molecule has 0 radical (unpaired) electrons. The summed E-state index contributed by atoms with van der Waals surface area (Å²) in [6.45, 7) is 4.68. The van der Waals surface area contributed by atoms with Crippen molar-refractivity contribution in [1.82, 2.24) is 5.32 Å². The predicted octanol–water partition coefficient (Wildman–Crippen LogP) is 6.33. The van der Waals surface area contributed by atoms with E-state index in [-0.39, 0.29) is 6.10 Å². The summed E-state index contributed by atoms with van der Waals surface area (Å²) in [5.41, 5.74) is 2.87. The summed E-state index contributed by atoms with van der Waals surface area (Å²) in [4.78, 5) is 0. The summed E-state index contributed by atoms with van der Waals surface area (Å²) in [6.07, 6.45) is 3.26. The third kappa shape index (κ3) is 3.75. The second-order valence-corrected chi connectivity index (χ2v) is 8.35. The van der Waals surface area contributed by atoms with E-state index >= 15 is 0 Å². The van der Waals surface area contributed by atoms with E-state index in [9.17, 15) is 0 Å². The Balaban J connectivity index is 1.81. The van der Waals surface area contributed by atoms with Crippen LogP contribution < -0.4 is 14.8 Å². The smallest absolute Gasteiger partial charge is 0.165 e. The molecule has 1 fully saturated rings. The Morgan fingerprint density at radius 2 is 1.93 bits per heavy atom. The van der Waals surface area contributed by atoms with Gasteiger partial charge in [0.15, 0.2) is 11.5 Å². The number of rotatable bonds is 5. The van der Waals surface area contributed by atoms with Crippen LogP contribution in [0.3, 0.4) is 0 Å². The lowest BCUT2D eigenvalue weighted by Crippen LogP contribution is -2.37. The average molecular weight is 427 g/mol. The summed E-state index contributed by atoms with van der Waals surface area (Å²) in [5.74, 6) is 1.95. The van der Waals surface area contributed by atoms with Gasteiger partial charge in [-0.25, -0.2) is 0 Å². The standard InChI is InChI=1S/C21H22Cl3NO2/c1-2-3-6-26-19-8-12(20-16(23)9-13(22)10-17(20)24)7-14-15-11-25-5-4-18(15)27-21(14)19/h7-10,15,18,25H,2-6,11H2,1H3/t15?,18-/m0/s1. The van der Waals surface area contributed by atoms with Gasteiger partial charge < -0.3 is 14.8 Å². The first-order valence-corrected chi connectivity index (χ1v) is 10.5. The Morgan fingerprint density at radius 3 is 2.67 bits per heavy atom. The third-order valence-corrected chi connectivity index (χ3v) is 6.04. The monoisotopic (exact) mass is 425 g/mol. The van der Waals surface area contributed by atoms with E-state index < -0.39 is 0 Å². The van der Waals surface area contributed by atoms with Gasteiger partial charge in [0.2, 0.25) is 0 Å². The molecule has 2 aromatic carbocycles. The van der Waals surface area contributed by atoms with E-state index in [1.54, 1.807) is 12.1 Å². The molecule has 1 N–H and O–H groups in total. The predicted molar refractivity (Wildman–Crippen MR) is 112 cm³/mol. The minimum atomic E-state index is 0.196. The number of fused-ring (bicyclic) bond motifs is 3. The SMILES string of the molecule is CCCCOc1cc(-c2c(Cl)cc(Cl)cc2Cl)cc2c1O[C@H]1CCNCC21. The molecule has 27 heavy (non-hydrogen) atoms. The van der Waals surface area contributed by atoms with Gasteiger partial charge in [-0.1, -0.05) is 48.1 Å². The second kappa shape index (κ2) is 8.08. The Morgan fingerprint density at radius 1 is 1.15 bits per heavy atom. The molecular weight excluding hydrogens is 405 g/mol. The molecule has 2 aromatic rings. The number of halogens is 3. The first-order valence-electron chi connectivity index (χ1n) is 9.41. The first-order chi connectivity index (χ1) is 13.1. The molecule has 2 aliphatic heterocycles. The lowest BCUT2D eigenvalue weighted by molar-refractivity contribution is 0.165. The molecule has 2 aliphatic rings. The highest BCUT2D eigenvalue weighted by Crippen LogP contribution is 2.50. The van der Waals surface area contributed by atoms with Gasteiger partial charge in [-0.05, 0) is 49.2 Å². The van der Waals surface area contributed by atoms with Crippen molar-refractivity contribution >= 4 is 34.8 Å². The number of unbranched alkanes of at least 4 members (excludes halogenated alkanes) is 1. The van der Waals surface area contributed by atoms with E-state index in [4.69, 9.17) is 44.3 Å². The fourth-order valence-electron chi connectivity index (χ4n) is 3.86. The van der Waals surface area contributed by atoms with Crippen LogP contribution in [0.25, 0.3) is 11.1 Å². The van der Waals surface area contributed by atoms with Crippen LogP contribution in [0.4, 0.5) is 0 Å². The fourth-order valence-corrected chi connectivity index (χ4v) is 4.89. The van der Waals surface area contributed by atoms with Gasteiger partial charge >= 0.3 is 0 Å². The van der Waals surface area contributed by atoms with Crippen LogP contribution in [0.5, 0.6) is 11.5 Å². The Kier molecular flexibility index (Phi) is 5.75. The molecule has 4 rings (SSSR count). The van der Waals surface area contributed by atoms with Gasteiger partial charge in [0.1, 0.15) is 6.10 Å².